The fourth-order valence-corrected chi connectivity index (χ4v) is 4.77. The van der Waals surface area contributed by atoms with Gasteiger partial charge in [0.05, 0.1) is 5.75 Å². The molecular formula is C26H32N2O5S. The third-order valence-corrected chi connectivity index (χ3v) is 6.74. The summed E-state index contributed by atoms with van der Waals surface area (Å²) in [5.74, 6) is -0.520. The van der Waals surface area contributed by atoms with Crippen molar-refractivity contribution in [1.29, 1.82) is 0 Å². The van der Waals surface area contributed by atoms with Gasteiger partial charge < -0.3 is 20.5 Å². The van der Waals surface area contributed by atoms with Crippen LogP contribution in [0.4, 0.5) is 4.79 Å². The van der Waals surface area contributed by atoms with Crippen molar-refractivity contribution < 1.29 is 24.2 Å². The van der Waals surface area contributed by atoms with Crippen molar-refractivity contribution in [2.45, 2.75) is 44.6 Å². The molecule has 3 N–H and O–H groups in total. The second-order valence-electron chi connectivity index (χ2n) is 8.31. The number of carboxylic acids is 1. The van der Waals surface area contributed by atoms with Gasteiger partial charge in [0.25, 0.3) is 0 Å². The highest BCUT2D eigenvalue weighted by Crippen LogP contribution is 2.44. The van der Waals surface area contributed by atoms with Crippen LogP contribution >= 0.6 is 11.8 Å². The van der Waals surface area contributed by atoms with Crippen molar-refractivity contribution in [3.63, 3.8) is 0 Å². The molecule has 0 saturated carbocycles. The Labute approximate surface area is 204 Å². The molecule has 2 aromatic rings. The van der Waals surface area contributed by atoms with E-state index in [9.17, 15) is 14.4 Å². The van der Waals surface area contributed by atoms with Gasteiger partial charge in [-0.3, -0.25) is 9.59 Å². The zero-order valence-electron chi connectivity index (χ0n) is 19.4. The predicted molar refractivity (Wildman–Crippen MR) is 134 cm³/mol. The summed E-state index contributed by atoms with van der Waals surface area (Å²) in [5.41, 5.74) is 4.65. The van der Waals surface area contributed by atoms with Crippen LogP contribution in [0, 0.1) is 0 Å². The molecule has 0 radical (unpaired) electrons. The van der Waals surface area contributed by atoms with Crippen LogP contribution in [0.1, 0.15) is 49.7 Å². The Kier molecular flexibility index (Phi) is 9.82. The van der Waals surface area contributed by atoms with Gasteiger partial charge in [0.2, 0.25) is 5.91 Å². The van der Waals surface area contributed by atoms with E-state index in [4.69, 9.17) is 9.84 Å². The molecule has 0 aromatic heterocycles. The number of fused-ring (bicyclic) bond motifs is 3. The monoisotopic (exact) mass is 484 g/mol. The number of amides is 2. The van der Waals surface area contributed by atoms with Crippen molar-refractivity contribution in [1.82, 2.24) is 10.6 Å². The van der Waals surface area contributed by atoms with Crippen LogP contribution in [0.15, 0.2) is 48.5 Å². The fourth-order valence-electron chi connectivity index (χ4n) is 4.20. The number of alkyl carbamates (subject to hydrolysis) is 1. The third kappa shape index (κ3) is 7.25. The van der Waals surface area contributed by atoms with Crippen LogP contribution < -0.4 is 10.6 Å². The molecule has 7 nitrogen and oxygen atoms in total. The summed E-state index contributed by atoms with van der Waals surface area (Å²) >= 11 is 1.25. The van der Waals surface area contributed by atoms with Gasteiger partial charge in [-0.15, -0.1) is 11.8 Å². The highest BCUT2D eigenvalue weighted by Gasteiger charge is 2.29. The number of carboxylic acid groups (broad SMARTS) is 1. The molecule has 0 aliphatic heterocycles. The Balaban J connectivity index is 1.51. The Morgan fingerprint density at radius 3 is 2.32 bits per heavy atom. The van der Waals surface area contributed by atoms with Gasteiger partial charge >= 0.3 is 12.1 Å². The number of hydrogen-bond donors (Lipinski definition) is 3. The number of aliphatic carboxylic acids is 1. The van der Waals surface area contributed by atoms with Gasteiger partial charge in [0, 0.05) is 30.7 Å². The number of thioether (sulfide) groups is 1. The van der Waals surface area contributed by atoms with Crippen LogP contribution in [0.5, 0.6) is 0 Å². The summed E-state index contributed by atoms with van der Waals surface area (Å²) in [6.07, 6.45) is 2.16. The van der Waals surface area contributed by atoms with E-state index in [2.05, 4.69) is 41.8 Å². The molecule has 0 bridgehead atoms. The normalized spacial score (nSPS) is 13.0. The molecule has 34 heavy (non-hydrogen) atoms. The van der Waals surface area contributed by atoms with Crippen molar-refractivity contribution in [2.75, 3.05) is 24.7 Å². The van der Waals surface area contributed by atoms with E-state index in [-0.39, 0.29) is 36.6 Å². The molecule has 2 aromatic carbocycles. The topological polar surface area (TPSA) is 105 Å². The molecule has 0 heterocycles. The summed E-state index contributed by atoms with van der Waals surface area (Å²) < 4.78 is 5.63. The molecule has 2 amide bonds. The number of nitrogens with one attached hydrogen (secondary N) is 2. The molecule has 3 rings (SSSR count). The molecule has 0 spiro atoms. The van der Waals surface area contributed by atoms with E-state index >= 15 is 0 Å². The zero-order valence-corrected chi connectivity index (χ0v) is 20.2. The molecule has 0 saturated heterocycles. The quantitative estimate of drug-likeness (QED) is 0.364. The summed E-state index contributed by atoms with van der Waals surface area (Å²) in [5, 5.41) is 14.3. The fraction of sp³-hybridized carbons (Fsp3) is 0.423. The third-order valence-electron chi connectivity index (χ3n) is 5.80. The Bertz CT molecular complexity index is 951. The minimum absolute atomic E-state index is 0.0122. The first-order valence-electron chi connectivity index (χ1n) is 11.7. The number of unbranched alkanes of at least 4 members (excludes halogenated alkanes) is 1. The van der Waals surface area contributed by atoms with Crippen LogP contribution in [0.2, 0.25) is 0 Å². The van der Waals surface area contributed by atoms with Crippen LogP contribution in [0.3, 0.4) is 0 Å². The Morgan fingerprint density at radius 1 is 1.06 bits per heavy atom. The summed E-state index contributed by atoms with van der Waals surface area (Å²) in [6.45, 7) is 2.68. The van der Waals surface area contributed by atoms with E-state index in [0.717, 1.165) is 24.0 Å². The van der Waals surface area contributed by atoms with Crippen molar-refractivity contribution in [3.8, 4) is 11.1 Å². The number of rotatable bonds is 13. The lowest BCUT2D eigenvalue weighted by atomic mass is 9.98. The summed E-state index contributed by atoms with van der Waals surface area (Å²) in [7, 11) is 0. The van der Waals surface area contributed by atoms with E-state index in [0.29, 0.717) is 18.7 Å². The zero-order chi connectivity index (χ0) is 24.3. The minimum Gasteiger partial charge on any atom is -0.481 e. The van der Waals surface area contributed by atoms with Crippen LogP contribution in [-0.4, -0.2) is 53.8 Å². The average molecular weight is 485 g/mol. The van der Waals surface area contributed by atoms with Gasteiger partial charge in [-0.2, -0.15) is 0 Å². The van der Waals surface area contributed by atoms with Crippen LogP contribution in [-0.2, 0) is 14.3 Å². The molecular weight excluding hydrogens is 452 g/mol. The van der Waals surface area contributed by atoms with Gasteiger partial charge in [0.1, 0.15) is 6.61 Å². The lowest BCUT2D eigenvalue weighted by Crippen LogP contribution is -2.40. The van der Waals surface area contributed by atoms with Crippen molar-refractivity contribution in [3.05, 3.63) is 59.7 Å². The maximum atomic E-state index is 12.6. The smallest absolute Gasteiger partial charge is 0.407 e. The Hall–Kier alpha value is -3.00. The van der Waals surface area contributed by atoms with E-state index in [1.54, 1.807) is 0 Å². The largest absolute Gasteiger partial charge is 0.481 e. The molecule has 1 atom stereocenters. The summed E-state index contributed by atoms with van der Waals surface area (Å²) in [4.78, 5) is 35.5. The summed E-state index contributed by atoms with van der Waals surface area (Å²) in [6, 6.07) is 16.0. The van der Waals surface area contributed by atoms with E-state index < -0.39 is 12.1 Å². The first kappa shape index (κ1) is 25.6. The maximum absolute atomic E-state index is 12.6. The highest BCUT2D eigenvalue weighted by molar-refractivity contribution is 7.99. The minimum atomic E-state index is -0.872. The van der Waals surface area contributed by atoms with Gasteiger partial charge in [-0.1, -0.05) is 68.3 Å². The van der Waals surface area contributed by atoms with Gasteiger partial charge in [-0.05, 0) is 28.7 Å². The van der Waals surface area contributed by atoms with Crippen molar-refractivity contribution >= 4 is 29.7 Å². The highest BCUT2D eigenvalue weighted by atomic mass is 32.2. The van der Waals surface area contributed by atoms with Gasteiger partial charge in [0.15, 0.2) is 0 Å². The first-order valence-corrected chi connectivity index (χ1v) is 12.8. The Morgan fingerprint density at radius 2 is 1.71 bits per heavy atom. The second-order valence-corrected chi connectivity index (χ2v) is 9.41. The average Bonchev–Trinajstić information content (AvgIpc) is 3.14. The molecule has 1 aliphatic rings. The number of benzene rings is 2. The molecule has 0 fully saturated rings. The van der Waals surface area contributed by atoms with Crippen LogP contribution in [0.25, 0.3) is 11.1 Å². The molecule has 1 aliphatic carbocycles. The molecule has 8 heteroatoms. The van der Waals surface area contributed by atoms with E-state index in [1.807, 2.05) is 24.3 Å². The maximum Gasteiger partial charge on any atom is 0.407 e. The first-order chi connectivity index (χ1) is 16.5. The predicted octanol–water partition coefficient (Wildman–Crippen LogP) is 4.41. The lowest BCUT2D eigenvalue weighted by molar-refractivity contribution is -0.133. The number of hydrogen-bond acceptors (Lipinski definition) is 5. The number of carbonyl (C=O) groups excluding carboxylic acids is 2. The standard InChI is InChI=1S/C26H32N2O5S/c1-2-3-8-18(15-24(29)27-13-14-34-17-25(30)31)28-26(32)33-16-23-21-11-6-4-9-19(21)20-10-5-7-12-22(20)23/h4-7,9-12,18,23H,2-3,8,13-17H2,1H3,(H,27,29)(H,28,32)(H,30,31). The number of ether oxygens (including phenoxy) is 1. The lowest BCUT2D eigenvalue weighted by Gasteiger charge is -2.20. The van der Waals surface area contributed by atoms with E-state index in [1.165, 1.54) is 22.9 Å². The van der Waals surface area contributed by atoms with Gasteiger partial charge in [-0.25, -0.2) is 4.79 Å². The van der Waals surface area contributed by atoms with Crippen molar-refractivity contribution in [2.24, 2.45) is 0 Å². The number of carbonyl (C=O) groups is 3. The molecule has 182 valence electrons. The molecule has 1 unspecified atom stereocenters. The second kappa shape index (κ2) is 13.0. The SMILES string of the molecule is CCCCC(CC(=O)NCCSCC(=O)O)NC(=O)OCC1c2ccccc2-c2ccccc21.